The molecule has 0 aromatic heterocycles. The van der Waals surface area contributed by atoms with E-state index in [-0.39, 0.29) is 0 Å². The fraction of sp³-hybridized carbons (Fsp3) is 0.625. The second kappa shape index (κ2) is 42.5. The maximum absolute atomic E-state index is 7.37. The Morgan fingerprint density at radius 3 is 0.966 bits per heavy atom. The van der Waals surface area contributed by atoms with Crippen LogP contribution in [0.4, 0.5) is 0 Å². The highest BCUT2D eigenvalue weighted by Crippen LogP contribution is 2.48. The Morgan fingerprint density at radius 2 is 0.591 bits per heavy atom. The number of hydrogen-bond donors (Lipinski definition) is 0. The Bertz CT molecular complexity index is 2750. The van der Waals surface area contributed by atoms with Gasteiger partial charge in [0.15, 0.2) is 34.5 Å². The van der Waals surface area contributed by atoms with Gasteiger partial charge in [-0.3, -0.25) is 0 Å². The molecule has 6 aromatic rings. The van der Waals surface area contributed by atoms with Crippen LogP contribution in [0.2, 0.25) is 0 Å². The summed E-state index contributed by atoms with van der Waals surface area (Å²) in [7, 11) is 1.74. The molecule has 0 aliphatic rings. The molecule has 0 spiro atoms. The van der Waals surface area contributed by atoms with Crippen LogP contribution in [-0.4, -0.2) is 46.4 Å². The van der Waals surface area contributed by atoms with Gasteiger partial charge in [-0.15, -0.1) is 0 Å². The molecule has 0 radical (unpaired) electrons. The van der Waals surface area contributed by atoms with E-state index in [9.17, 15) is 0 Å². The van der Waals surface area contributed by atoms with Crippen LogP contribution in [0, 0.1) is 0 Å². The molecule has 0 N–H and O–H groups in total. The van der Waals surface area contributed by atoms with E-state index in [1.807, 2.05) is 0 Å². The minimum Gasteiger partial charge on any atom is -0.497 e. The van der Waals surface area contributed by atoms with E-state index in [2.05, 4.69) is 140 Å². The molecule has 0 heterocycles. The third-order valence-corrected chi connectivity index (χ3v) is 17.8. The van der Waals surface area contributed by atoms with Crippen molar-refractivity contribution in [3.8, 4) is 46.0 Å². The third kappa shape index (κ3) is 24.0. The van der Waals surface area contributed by atoms with E-state index in [1.54, 1.807) is 7.11 Å². The van der Waals surface area contributed by atoms with Crippen LogP contribution in [0.5, 0.6) is 46.0 Å². The predicted octanol–water partition coefficient (Wildman–Crippen LogP) is 24.7. The Hall–Kier alpha value is -5.50. The lowest BCUT2D eigenvalue weighted by Crippen LogP contribution is -2.24. The molecule has 0 fully saturated rings. The standard InChI is InChI=1S/C80H120O8/c1-10-17-24-30-31-32-34-41-80(87-67-48-42-63(43-49-67)62(8)55-65(40-33-23-16-7)64-44-46-66(81-9)47-45-64)88-79-61-73-71-59-77(85-53-38-28-21-14-5)75(83-51-36-26-19-12-3)57-69(71)68-56-74(82-50-35-25-18-11-2)76(84-52-37-27-20-13-4)58-70(68)72(73)60-78(79)86-54-39-29-22-15-6/h42-49,56-62,65,80H,10-41,50-55H2,1-9H3. The Labute approximate surface area is 535 Å². The van der Waals surface area contributed by atoms with Gasteiger partial charge in [0.2, 0.25) is 6.29 Å². The van der Waals surface area contributed by atoms with E-state index in [0.717, 1.165) is 169 Å². The molecule has 0 saturated carbocycles. The minimum atomic E-state index is -0.553. The molecular formula is C80H120O8. The summed E-state index contributed by atoms with van der Waals surface area (Å²) >= 11 is 0. The van der Waals surface area contributed by atoms with Gasteiger partial charge >= 0.3 is 0 Å². The lowest BCUT2D eigenvalue weighted by Gasteiger charge is -2.25. The molecule has 6 rings (SSSR count). The first-order valence-electron chi connectivity index (χ1n) is 36.1. The summed E-state index contributed by atoms with van der Waals surface area (Å²) in [5.74, 6) is 7.12. The quantitative estimate of drug-likeness (QED) is 0.0212. The lowest BCUT2D eigenvalue weighted by molar-refractivity contribution is -0.00448. The number of rotatable bonds is 51. The predicted molar refractivity (Wildman–Crippen MR) is 374 cm³/mol. The molecule has 8 nitrogen and oxygen atoms in total. The number of unbranched alkanes of at least 4 members (excludes halogenated alkanes) is 23. The van der Waals surface area contributed by atoms with Crippen LogP contribution in [0.15, 0.2) is 84.9 Å². The van der Waals surface area contributed by atoms with Gasteiger partial charge < -0.3 is 37.9 Å². The zero-order chi connectivity index (χ0) is 62.4. The van der Waals surface area contributed by atoms with Gasteiger partial charge in [0.05, 0.1) is 40.1 Å². The molecule has 3 atom stereocenters. The third-order valence-electron chi connectivity index (χ3n) is 17.8. The number of methoxy groups -OCH3 is 1. The van der Waals surface area contributed by atoms with Crippen molar-refractivity contribution in [3.63, 3.8) is 0 Å². The van der Waals surface area contributed by atoms with Gasteiger partial charge in [-0.1, -0.05) is 234 Å². The first-order chi connectivity index (χ1) is 43.3. The van der Waals surface area contributed by atoms with Gasteiger partial charge in [-0.2, -0.15) is 0 Å². The Balaban J connectivity index is 1.49. The van der Waals surface area contributed by atoms with E-state index in [0.29, 0.717) is 50.6 Å². The molecule has 0 saturated heterocycles. The van der Waals surface area contributed by atoms with Crippen molar-refractivity contribution < 1.29 is 37.9 Å². The average molecular weight is 1210 g/mol. The van der Waals surface area contributed by atoms with Gasteiger partial charge in [-0.25, -0.2) is 0 Å². The van der Waals surface area contributed by atoms with E-state index in [1.165, 1.54) is 127 Å². The maximum atomic E-state index is 7.37. The molecule has 0 aliphatic heterocycles. The van der Waals surface area contributed by atoms with Crippen molar-refractivity contribution in [1.29, 1.82) is 0 Å². The summed E-state index contributed by atoms with van der Waals surface area (Å²) in [5, 5.41) is 6.44. The highest BCUT2D eigenvalue weighted by atomic mass is 16.7. The van der Waals surface area contributed by atoms with Gasteiger partial charge in [-0.05, 0) is 167 Å². The molecule has 0 aliphatic carbocycles. The van der Waals surface area contributed by atoms with E-state index in [4.69, 9.17) is 37.9 Å². The van der Waals surface area contributed by atoms with Gasteiger partial charge in [0, 0.05) is 6.42 Å². The molecule has 88 heavy (non-hydrogen) atoms. The molecule has 0 amide bonds. The Kier molecular flexibility index (Phi) is 34.6. The molecule has 488 valence electrons. The van der Waals surface area contributed by atoms with Crippen LogP contribution in [0.1, 0.15) is 290 Å². The summed E-state index contributed by atoms with van der Waals surface area (Å²) in [5.41, 5.74) is 2.72. The van der Waals surface area contributed by atoms with Crippen LogP contribution >= 0.6 is 0 Å². The molecule has 8 heteroatoms. The van der Waals surface area contributed by atoms with Crippen molar-refractivity contribution in [2.75, 3.05) is 40.1 Å². The second-order valence-electron chi connectivity index (χ2n) is 25.3. The molecule has 0 bridgehead atoms. The van der Waals surface area contributed by atoms with Crippen molar-refractivity contribution in [2.24, 2.45) is 0 Å². The number of ether oxygens (including phenoxy) is 8. The minimum absolute atomic E-state index is 0.367. The highest BCUT2D eigenvalue weighted by molar-refractivity contribution is 6.27. The van der Waals surface area contributed by atoms with Crippen molar-refractivity contribution in [1.82, 2.24) is 0 Å². The van der Waals surface area contributed by atoms with Crippen LogP contribution in [-0.2, 0) is 0 Å². The maximum Gasteiger partial charge on any atom is 0.241 e. The second-order valence-corrected chi connectivity index (χ2v) is 25.3. The molecule has 6 aromatic carbocycles. The van der Waals surface area contributed by atoms with E-state index < -0.39 is 6.29 Å². The SMILES string of the molecule is CCCCCCCCCC(Oc1ccc(C(C)CC(CCCCC)c2ccc(OC)cc2)cc1)Oc1cc2c3cc(OCCCCCC)c(OCCCCCC)cc3c3cc(OCCCCCC)c(OCCCCCC)cc3c2cc1OCCCCCC. The first kappa shape index (κ1) is 71.6. The zero-order valence-electron chi connectivity index (χ0n) is 57.0. The summed E-state index contributed by atoms with van der Waals surface area (Å²) < 4.78 is 54.2. The largest absolute Gasteiger partial charge is 0.497 e. The van der Waals surface area contributed by atoms with Gasteiger partial charge in [0.1, 0.15) is 11.5 Å². The highest BCUT2D eigenvalue weighted by Gasteiger charge is 2.24. The number of fused-ring (bicyclic) bond motifs is 6. The van der Waals surface area contributed by atoms with E-state index >= 15 is 0 Å². The number of hydrogen-bond acceptors (Lipinski definition) is 8. The average Bonchev–Trinajstić information content (AvgIpc) is 0.837. The summed E-state index contributed by atoms with van der Waals surface area (Å²) in [4.78, 5) is 0. The summed E-state index contributed by atoms with van der Waals surface area (Å²) in [6.07, 6.45) is 37.0. The topological polar surface area (TPSA) is 73.8 Å². The first-order valence-corrected chi connectivity index (χ1v) is 36.1. The fourth-order valence-corrected chi connectivity index (χ4v) is 12.3. The monoisotopic (exact) mass is 1210 g/mol. The molecular weight excluding hydrogens is 1090 g/mol. The van der Waals surface area contributed by atoms with Crippen LogP contribution in [0.3, 0.4) is 0 Å². The number of benzene rings is 6. The van der Waals surface area contributed by atoms with Crippen molar-refractivity contribution >= 4 is 32.3 Å². The Morgan fingerprint density at radius 1 is 0.295 bits per heavy atom. The zero-order valence-corrected chi connectivity index (χ0v) is 57.0. The smallest absolute Gasteiger partial charge is 0.241 e. The van der Waals surface area contributed by atoms with Crippen LogP contribution < -0.4 is 37.9 Å². The fourth-order valence-electron chi connectivity index (χ4n) is 12.3. The van der Waals surface area contributed by atoms with Gasteiger partial charge in [0.25, 0.3) is 0 Å². The molecule has 3 unspecified atom stereocenters. The van der Waals surface area contributed by atoms with Crippen molar-refractivity contribution in [2.45, 2.75) is 285 Å². The summed E-state index contributed by atoms with van der Waals surface area (Å²) in [6, 6.07) is 31.1. The lowest BCUT2D eigenvalue weighted by atomic mass is 9.83. The normalized spacial score (nSPS) is 12.6. The van der Waals surface area contributed by atoms with Crippen molar-refractivity contribution in [3.05, 3.63) is 96.1 Å². The summed E-state index contributed by atoms with van der Waals surface area (Å²) in [6.45, 7) is 21.4. The van der Waals surface area contributed by atoms with Crippen LogP contribution in [0.25, 0.3) is 32.3 Å².